The molecule has 0 aromatic heterocycles. The fourth-order valence-corrected chi connectivity index (χ4v) is 1.81. The third-order valence-corrected chi connectivity index (χ3v) is 3.72. The molecule has 0 unspecified atom stereocenters. The fraction of sp³-hybridized carbons (Fsp3) is 0.800. The first-order valence-electron chi connectivity index (χ1n) is 5.68. The summed E-state index contributed by atoms with van der Waals surface area (Å²) >= 11 is 0. The van der Waals surface area contributed by atoms with Gasteiger partial charge >= 0.3 is 12.0 Å². The Morgan fingerprint density at radius 1 is 1.26 bits per heavy atom. The molecular formula is C10H21N3O5S. The normalized spacial score (nSPS) is 13.7. The summed E-state index contributed by atoms with van der Waals surface area (Å²) in [4.78, 5) is 22.5. The van der Waals surface area contributed by atoms with Crippen LogP contribution in [0.2, 0.25) is 0 Å². The molecular weight excluding hydrogens is 274 g/mol. The van der Waals surface area contributed by atoms with Gasteiger partial charge in [0.25, 0.3) is 0 Å². The lowest BCUT2D eigenvalue weighted by Crippen LogP contribution is -2.52. The van der Waals surface area contributed by atoms with E-state index in [1.54, 1.807) is 20.8 Å². The summed E-state index contributed by atoms with van der Waals surface area (Å²) < 4.78 is 24.3. The Labute approximate surface area is 113 Å². The summed E-state index contributed by atoms with van der Waals surface area (Å²) in [6.45, 7) is 4.93. The predicted octanol–water partition coefficient (Wildman–Crippen LogP) is -0.666. The van der Waals surface area contributed by atoms with Crippen molar-refractivity contribution < 1.29 is 23.1 Å². The van der Waals surface area contributed by atoms with E-state index in [1.807, 2.05) is 0 Å². The lowest BCUT2D eigenvalue weighted by molar-refractivity contribution is -0.141. The van der Waals surface area contributed by atoms with E-state index in [2.05, 4.69) is 15.4 Å². The second-order valence-corrected chi connectivity index (χ2v) is 7.11. The van der Waals surface area contributed by atoms with Crippen molar-refractivity contribution in [1.29, 1.82) is 0 Å². The monoisotopic (exact) mass is 295 g/mol. The SMILES string of the molecule is CNS(=O)(=O)CCNC(=O)N[C@@H](C(=O)O)C(C)(C)C. The second-order valence-electron chi connectivity index (χ2n) is 5.06. The van der Waals surface area contributed by atoms with Crippen LogP contribution in [0.3, 0.4) is 0 Å². The van der Waals surface area contributed by atoms with E-state index in [4.69, 9.17) is 5.11 Å². The topological polar surface area (TPSA) is 125 Å². The van der Waals surface area contributed by atoms with E-state index in [1.165, 1.54) is 7.05 Å². The standard InChI is InChI=1S/C10H21N3O5S/c1-10(2,3)7(8(14)15)13-9(16)12-5-6-19(17,18)11-4/h7,11H,5-6H2,1-4H3,(H,14,15)(H2,12,13,16)/t7-/m0/s1. The van der Waals surface area contributed by atoms with Crippen molar-refractivity contribution in [3.8, 4) is 0 Å². The van der Waals surface area contributed by atoms with Gasteiger partial charge in [-0.2, -0.15) is 0 Å². The van der Waals surface area contributed by atoms with Gasteiger partial charge in [-0.15, -0.1) is 0 Å². The van der Waals surface area contributed by atoms with Crippen LogP contribution in [0.25, 0.3) is 0 Å². The van der Waals surface area contributed by atoms with E-state index < -0.39 is 33.5 Å². The molecule has 2 amide bonds. The predicted molar refractivity (Wildman–Crippen MR) is 70.3 cm³/mol. The van der Waals surface area contributed by atoms with Crippen LogP contribution in [-0.4, -0.2) is 50.9 Å². The summed E-state index contributed by atoms with van der Waals surface area (Å²) in [5, 5.41) is 13.6. The number of carboxylic acids is 1. The highest BCUT2D eigenvalue weighted by Crippen LogP contribution is 2.19. The first kappa shape index (κ1) is 17.6. The average Bonchev–Trinajstić information content (AvgIpc) is 2.23. The van der Waals surface area contributed by atoms with Gasteiger partial charge in [0.05, 0.1) is 5.75 Å². The highest BCUT2D eigenvalue weighted by atomic mass is 32.2. The van der Waals surface area contributed by atoms with Gasteiger partial charge in [-0.05, 0) is 12.5 Å². The van der Waals surface area contributed by atoms with Crippen LogP contribution in [0.15, 0.2) is 0 Å². The number of carbonyl (C=O) groups excluding carboxylic acids is 1. The molecule has 19 heavy (non-hydrogen) atoms. The fourth-order valence-electron chi connectivity index (χ4n) is 1.23. The lowest BCUT2D eigenvalue weighted by Gasteiger charge is -2.27. The summed E-state index contributed by atoms with van der Waals surface area (Å²) in [5.74, 6) is -1.42. The van der Waals surface area contributed by atoms with Crippen molar-refractivity contribution in [1.82, 2.24) is 15.4 Å². The van der Waals surface area contributed by atoms with E-state index in [-0.39, 0.29) is 12.3 Å². The highest BCUT2D eigenvalue weighted by Gasteiger charge is 2.32. The molecule has 0 rings (SSSR count). The number of amides is 2. The van der Waals surface area contributed by atoms with E-state index >= 15 is 0 Å². The molecule has 4 N–H and O–H groups in total. The van der Waals surface area contributed by atoms with Crippen molar-refractivity contribution in [3.05, 3.63) is 0 Å². The molecule has 112 valence electrons. The first-order valence-corrected chi connectivity index (χ1v) is 7.33. The van der Waals surface area contributed by atoms with E-state index in [0.29, 0.717) is 0 Å². The van der Waals surface area contributed by atoms with Gasteiger partial charge in [0, 0.05) is 6.54 Å². The van der Waals surface area contributed by atoms with E-state index in [0.717, 1.165) is 0 Å². The molecule has 0 radical (unpaired) electrons. The largest absolute Gasteiger partial charge is 0.480 e. The molecule has 0 fully saturated rings. The van der Waals surface area contributed by atoms with Crippen LogP contribution in [0, 0.1) is 5.41 Å². The Bertz CT molecular complexity index is 427. The van der Waals surface area contributed by atoms with Crippen molar-refractivity contribution >= 4 is 22.0 Å². The summed E-state index contributed by atoms with van der Waals surface area (Å²) in [7, 11) is -2.12. The maximum Gasteiger partial charge on any atom is 0.326 e. The molecule has 0 aliphatic rings. The molecule has 0 spiro atoms. The van der Waals surface area contributed by atoms with Crippen molar-refractivity contribution in [2.24, 2.45) is 5.41 Å². The number of sulfonamides is 1. The minimum Gasteiger partial charge on any atom is -0.480 e. The molecule has 0 aliphatic heterocycles. The highest BCUT2D eigenvalue weighted by molar-refractivity contribution is 7.89. The molecule has 0 bridgehead atoms. The molecule has 0 saturated heterocycles. The lowest BCUT2D eigenvalue weighted by atomic mass is 9.87. The molecule has 0 aliphatic carbocycles. The Kier molecular flexibility index (Phi) is 6.23. The summed E-state index contributed by atoms with van der Waals surface area (Å²) in [6.07, 6.45) is 0. The number of hydrogen-bond donors (Lipinski definition) is 4. The Morgan fingerprint density at radius 3 is 2.16 bits per heavy atom. The molecule has 0 saturated carbocycles. The summed E-state index contributed by atoms with van der Waals surface area (Å²) in [5.41, 5.74) is -0.653. The van der Waals surface area contributed by atoms with Crippen LogP contribution >= 0.6 is 0 Å². The van der Waals surface area contributed by atoms with E-state index in [9.17, 15) is 18.0 Å². The maximum absolute atomic E-state index is 11.5. The second kappa shape index (κ2) is 6.71. The van der Waals surface area contributed by atoms with Gasteiger partial charge in [0.2, 0.25) is 10.0 Å². The van der Waals surface area contributed by atoms with Crippen LogP contribution in [-0.2, 0) is 14.8 Å². The number of carbonyl (C=O) groups is 2. The zero-order valence-corrected chi connectivity index (χ0v) is 12.3. The number of carboxylic acid groups (broad SMARTS) is 1. The van der Waals surface area contributed by atoms with Crippen molar-refractivity contribution in [3.63, 3.8) is 0 Å². The maximum atomic E-state index is 11.5. The van der Waals surface area contributed by atoms with Crippen molar-refractivity contribution in [2.45, 2.75) is 26.8 Å². The number of hydrogen-bond acceptors (Lipinski definition) is 4. The van der Waals surface area contributed by atoms with Crippen LogP contribution in [0.4, 0.5) is 4.79 Å². The third-order valence-electron chi connectivity index (χ3n) is 2.36. The molecule has 8 nitrogen and oxygen atoms in total. The van der Waals surface area contributed by atoms with Gasteiger partial charge in [0.15, 0.2) is 0 Å². The number of urea groups is 1. The molecule has 9 heteroatoms. The summed E-state index contributed by atoms with van der Waals surface area (Å²) in [6, 6.07) is -1.78. The zero-order valence-electron chi connectivity index (χ0n) is 11.5. The quantitative estimate of drug-likeness (QED) is 0.517. The molecule has 0 aromatic carbocycles. The number of rotatable bonds is 6. The van der Waals surface area contributed by atoms with Gasteiger partial charge in [-0.25, -0.2) is 22.7 Å². The van der Waals surface area contributed by atoms with Crippen LogP contribution < -0.4 is 15.4 Å². The van der Waals surface area contributed by atoms with Gasteiger partial charge < -0.3 is 15.7 Å². The smallest absolute Gasteiger partial charge is 0.326 e. The molecule has 0 aromatic rings. The average molecular weight is 295 g/mol. The number of nitrogens with one attached hydrogen (secondary N) is 3. The minimum absolute atomic E-state index is 0.106. The minimum atomic E-state index is -3.40. The Morgan fingerprint density at radius 2 is 1.79 bits per heavy atom. The number of aliphatic carboxylic acids is 1. The first-order chi connectivity index (χ1) is 8.49. The van der Waals surface area contributed by atoms with Crippen molar-refractivity contribution in [2.75, 3.05) is 19.3 Å². The molecule has 1 atom stereocenters. The van der Waals surface area contributed by atoms with Gasteiger partial charge in [0.1, 0.15) is 6.04 Å². The Balaban J connectivity index is 4.35. The Hall–Kier alpha value is -1.35. The van der Waals surface area contributed by atoms with Crippen LogP contribution in [0.5, 0.6) is 0 Å². The molecule has 0 heterocycles. The van der Waals surface area contributed by atoms with Gasteiger partial charge in [-0.3, -0.25) is 0 Å². The van der Waals surface area contributed by atoms with Crippen LogP contribution in [0.1, 0.15) is 20.8 Å². The third kappa shape index (κ3) is 6.97. The van der Waals surface area contributed by atoms with Gasteiger partial charge in [-0.1, -0.05) is 20.8 Å². The zero-order chi connectivity index (χ0) is 15.3.